The maximum Gasteiger partial charge on any atom is 0.257 e. The number of benzene rings is 1. The number of carbonyl (C=O) groups is 1. The van der Waals surface area contributed by atoms with E-state index in [1.165, 1.54) is 6.07 Å². The molecule has 1 aromatic carbocycles. The number of amides is 1. The number of nitrogens with zero attached hydrogens (tertiary/aromatic N) is 4. The van der Waals surface area contributed by atoms with Crippen LogP contribution in [0.5, 0.6) is 0 Å². The van der Waals surface area contributed by atoms with Crippen molar-refractivity contribution < 1.29 is 19.4 Å². The van der Waals surface area contributed by atoms with E-state index in [-0.39, 0.29) is 30.9 Å². The molecule has 2 saturated heterocycles. The predicted octanol–water partition coefficient (Wildman–Crippen LogP) is 2.69. The molecule has 0 bridgehead atoms. The number of likely N-dealkylation sites (tertiary alicyclic amines) is 1. The highest BCUT2D eigenvalue weighted by molar-refractivity contribution is 6.01. The smallest absolute Gasteiger partial charge is 0.257 e. The minimum Gasteiger partial charge on any atom is -0.393 e. The van der Waals surface area contributed by atoms with E-state index < -0.39 is 5.60 Å². The van der Waals surface area contributed by atoms with Crippen LogP contribution < -0.4 is 4.90 Å². The lowest BCUT2D eigenvalue weighted by atomic mass is 9.99. The van der Waals surface area contributed by atoms with Crippen molar-refractivity contribution in [1.82, 2.24) is 14.5 Å². The summed E-state index contributed by atoms with van der Waals surface area (Å²) in [7, 11) is 0. The number of anilines is 1. The highest BCUT2D eigenvalue weighted by Crippen LogP contribution is 2.38. The molecule has 2 aliphatic rings. The van der Waals surface area contributed by atoms with Crippen LogP contribution in [0.2, 0.25) is 0 Å². The zero-order valence-electron chi connectivity index (χ0n) is 18.0. The number of aliphatic hydroxyl groups excluding tert-OH is 1. The molecule has 0 spiro atoms. The Morgan fingerprint density at radius 2 is 2.12 bits per heavy atom. The number of aromatic nitrogens is 2. The summed E-state index contributed by atoms with van der Waals surface area (Å²) < 4.78 is 15.6. The van der Waals surface area contributed by atoms with Crippen molar-refractivity contribution >= 4 is 17.1 Å². The molecule has 2 aliphatic heterocycles. The predicted molar refractivity (Wildman–Crippen MR) is 118 cm³/mol. The van der Waals surface area contributed by atoms with Crippen LogP contribution in [0.1, 0.15) is 46.8 Å². The molecule has 5 rings (SSSR count). The van der Waals surface area contributed by atoms with Gasteiger partial charge in [0.15, 0.2) is 0 Å². The maximum absolute atomic E-state index is 14.0. The SMILES string of the molecule is Cc1ccc(F)cc1C1CCCN1c1ccn2ncc(C(=O)N3CCC(O)(CO)C3)c2c1. The number of hydrogen-bond donors (Lipinski definition) is 2. The first-order valence-corrected chi connectivity index (χ1v) is 11.0. The number of aryl methyl sites for hydroxylation is 1. The summed E-state index contributed by atoms with van der Waals surface area (Å²) in [5.74, 6) is -0.439. The highest BCUT2D eigenvalue weighted by Gasteiger charge is 2.38. The molecule has 2 fully saturated rings. The largest absolute Gasteiger partial charge is 0.393 e. The van der Waals surface area contributed by atoms with Crippen LogP contribution >= 0.6 is 0 Å². The number of aliphatic hydroxyl groups is 2. The maximum atomic E-state index is 14.0. The highest BCUT2D eigenvalue weighted by atomic mass is 19.1. The van der Waals surface area contributed by atoms with Gasteiger partial charge in [-0.2, -0.15) is 5.10 Å². The van der Waals surface area contributed by atoms with Gasteiger partial charge >= 0.3 is 0 Å². The average Bonchev–Trinajstić information content (AvgIpc) is 3.53. The molecule has 2 atom stereocenters. The van der Waals surface area contributed by atoms with Crippen molar-refractivity contribution in [2.45, 2.75) is 37.8 Å². The molecule has 4 heterocycles. The third kappa shape index (κ3) is 3.53. The molecule has 0 radical (unpaired) electrons. The molecular formula is C24H27FN4O3. The summed E-state index contributed by atoms with van der Waals surface area (Å²) in [6.07, 6.45) is 5.68. The van der Waals surface area contributed by atoms with E-state index in [4.69, 9.17) is 0 Å². The van der Waals surface area contributed by atoms with Crippen molar-refractivity contribution in [2.24, 2.45) is 0 Å². The number of rotatable bonds is 4. The second-order valence-corrected chi connectivity index (χ2v) is 8.98. The molecule has 1 amide bonds. The molecule has 0 saturated carbocycles. The van der Waals surface area contributed by atoms with E-state index in [1.54, 1.807) is 21.7 Å². The summed E-state index contributed by atoms with van der Waals surface area (Å²) >= 11 is 0. The van der Waals surface area contributed by atoms with Crippen LogP contribution in [-0.4, -0.2) is 62.5 Å². The Kier molecular flexibility index (Phi) is 5.14. The number of carbonyl (C=O) groups excluding carboxylic acids is 1. The van der Waals surface area contributed by atoms with Crippen LogP contribution in [-0.2, 0) is 0 Å². The topological polar surface area (TPSA) is 81.3 Å². The normalized spacial score (nSPS) is 23.4. The van der Waals surface area contributed by atoms with Crippen molar-refractivity contribution in [2.75, 3.05) is 31.1 Å². The number of halogens is 1. The van der Waals surface area contributed by atoms with Gasteiger partial charge in [-0.3, -0.25) is 4.79 Å². The molecule has 2 unspecified atom stereocenters. The Morgan fingerprint density at radius 3 is 2.91 bits per heavy atom. The van der Waals surface area contributed by atoms with E-state index in [2.05, 4.69) is 10.00 Å². The first kappa shape index (κ1) is 20.9. The minimum atomic E-state index is -1.24. The van der Waals surface area contributed by atoms with Gasteiger partial charge in [0.1, 0.15) is 11.4 Å². The van der Waals surface area contributed by atoms with E-state index >= 15 is 0 Å². The molecular weight excluding hydrogens is 411 g/mol. The van der Waals surface area contributed by atoms with Gasteiger partial charge in [-0.25, -0.2) is 8.91 Å². The van der Waals surface area contributed by atoms with Gasteiger partial charge < -0.3 is 20.0 Å². The molecule has 2 N–H and O–H groups in total. The first-order chi connectivity index (χ1) is 15.4. The van der Waals surface area contributed by atoms with Gasteiger partial charge in [-0.15, -0.1) is 0 Å². The molecule has 3 aromatic rings. The molecule has 7 nitrogen and oxygen atoms in total. The van der Waals surface area contributed by atoms with Gasteiger partial charge in [-0.1, -0.05) is 6.07 Å². The monoisotopic (exact) mass is 438 g/mol. The lowest BCUT2D eigenvalue weighted by molar-refractivity contribution is -0.00453. The zero-order valence-corrected chi connectivity index (χ0v) is 18.0. The third-order valence-electron chi connectivity index (χ3n) is 6.83. The summed E-state index contributed by atoms with van der Waals surface area (Å²) in [5, 5.41) is 24.0. The summed E-state index contributed by atoms with van der Waals surface area (Å²) in [6.45, 7) is 2.98. The van der Waals surface area contributed by atoms with Gasteiger partial charge in [0.05, 0.1) is 36.5 Å². The van der Waals surface area contributed by atoms with Crippen molar-refractivity contribution in [3.05, 3.63) is 65.2 Å². The van der Waals surface area contributed by atoms with E-state index in [9.17, 15) is 19.4 Å². The lowest BCUT2D eigenvalue weighted by Gasteiger charge is -2.28. The Labute approximate surface area is 185 Å². The van der Waals surface area contributed by atoms with E-state index in [0.717, 1.165) is 36.2 Å². The van der Waals surface area contributed by atoms with Gasteiger partial charge in [0.25, 0.3) is 5.91 Å². The van der Waals surface area contributed by atoms with Crippen LogP contribution in [0.25, 0.3) is 5.52 Å². The van der Waals surface area contributed by atoms with Crippen LogP contribution in [0, 0.1) is 12.7 Å². The fraction of sp³-hybridized carbons (Fsp3) is 0.417. The second-order valence-electron chi connectivity index (χ2n) is 8.98. The Bertz CT molecular complexity index is 1180. The third-order valence-corrected chi connectivity index (χ3v) is 6.83. The van der Waals surface area contributed by atoms with E-state index in [0.29, 0.717) is 24.0 Å². The van der Waals surface area contributed by atoms with Crippen LogP contribution in [0.4, 0.5) is 10.1 Å². The molecule has 168 valence electrons. The van der Waals surface area contributed by atoms with Crippen molar-refractivity contribution in [3.63, 3.8) is 0 Å². The van der Waals surface area contributed by atoms with Gasteiger partial charge in [0, 0.05) is 25.0 Å². The van der Waals surface area contributed by atoms with Gasteiger partial charge in [-0.05, 0) is 61.6 Å². The van der Waals surface area contributed by atoms with E-state index in [1.807, 2.05) is 31.3 Å². The number of fused-ring (bicyclic) bond motifs is 1. The molecule has 0 aliphatic carbocycles. The summed E-state index contributed by atoms with van der Waals surface area (Å²) in [6, 6.07) is 8.95. The Balaban J connectivity index is 1.47. The lowest BCUT2D eigenvalue weighted by Crippen LogP contribution is -2.38. The number of pyridine rings is 1. The fourth-order valence-electron chi connectivity index (χ4n) is 5.01. The summed E-state index contributed by atoms with van der Waals surface area (Å²) in [4.78, 5) is 17.0. The second kappa shape index (κ2) is 7.86. The Hall–Kier alpha value is -2.97. The van der Waals surface area contributed by atoms with Gasteiger partial charge in [0.2, 0.25) is 0 Å². The standard InChI is InChI=1S/C24H27FN4O3/c1-16-4-5-17(25)11-19(16)21-3-2-8-28(21)18-6-9-29-22(12-18)20(13-26-29)23(31)27-10-7-24(32,14-27)15-30/h4-6,9,11-13,21,30,32H,2-3,7-8,10,14-15H2,1H3. The number of β-amino-alcohol motifs (C(OH)–C–C–N with tert-alkyl or cyclic N) is 1. The van der Waals surface area contributed by atoms with Crippen LogP contribution in [0.3, 0.4) is 0 Å². The van der Waals surface area contributed by atoms with Crippen LogP contribution in [0.15, 0.2) is 42.7 Å². The number of hydrogen-bond acceptors (Lipinski definition) is 5. The zero-order chi connectivity index (χ0) is 22.5. The molecule has 8 heteroatoms. The Morgan fingerprint density at radius 1 is 1.28 bits per heavy atom. The fourth-order valence-corrected chi connectivity index (χ4v) is 5.01. The first-order valence-electron chi connectivity index (χ1n) is 11.0. The minimum absolute atomic E-state index is 0.0772. The molecule has 32 heavy (non-hydrogen) atoms. The molecule has 2 aromatic heterocycles. The van der Waals surface area contributed by atoms with Crippen molar-refractivity contribution in [3.8, 4) is 0 Å². The average molecular weight is 439 g/mol. The summed E-state index contributed by atoms with van der Waals surface area (Å²) in [5.41, 5.74) is 2.93. The van der Waals surface area contributed by atoms with Crippen molar-refractivity contribution in [1.29, 1.82) is 0 Å². The quantitative estimate of drug-likeness (QED) is 0.655.